The molecular formula is C23H34N6O3. The van der Waals surface area contributed by atoms with Gasteiger partial charge in [0.05, 0.1) is 42.8 Å². The molecule has 0 spiro atoms. The third-order valence-corrected chi connectivity index (χ3v) is 5.95. The van der Waals surface area contributed by atoms with Gasteiger partial charge in [-0.25, -0.2) is 9.50 Å². The first-order valence-corrected chi connectivity index (χ1v) is 11.3. The maximum absolute atomic E-state index is 10.1. The third kappa shape index (κ3) is 5.11. The second-order valence-corrected chi connectivity index (χ2v) is 9.61. The van der Waals surface area contributed by atoms with Gasteiger partial charge in [-0.2, -0.15) is 5.10 Å². The van der Waals surface area contributed by atoms with Gasteiger partial charge >= 0.3 is 0 Å². The summed E-state index contributed by atoms with van der Waals surface area (Å²) in [6.07, 6.45) is 8.87. The summed E-state index contributed by atoms with van der Waals surface area (Å²) in [6.45, 7) is 6.54. The average Bonchev–Trinajstić information content (AvgIpc) is 3.31. The van der Waals surface area contributed by atoms with Gasteiger partial charge in [0.25, 0.3) is 0 Å². The first kappa shape index (κ1) is 22.7. The van der Waals surface area contributed by atoms with Crippen LogP contribution in [-0.4, -0.2) is 66.1 Å². The van der Waals surface area contributed by atoms with E-state index in [1.807, 2.05) is 30.0 Å². The SMILES string of the molecule is COC[C@H](C)Nc1ncc2c(-c3cnn(CC(C)(C)O)c3)cc(C3CCC(O)CC3)n2n1. The van der Waals surface area contributed by atoms with Crippen LogP contribution in [0.25, 0.3) is 16.6 Å². The van der Waals surface area contributed by atoms with Gasteiger partial charge in [0.2, 0.25) is 5.95 Å². The molecule has 0 aliphatic heterocycles. The molecular weight excluding hydrogens is 408 g/mol. The normalized spacial score (nSPS) is 20.6. The Bertz CT molecular complexity index is 1050. The lowest BCUT2D eigenvalue weighted by Crippen LogP contribution is -2.26. The van der Waals surface area contributed by atoms with Crippen molar-refractivity contribution in [3.63, 3.8) is 0 Å². The minimum Gasteiger partial charge on any atom is -0.393 e. The number of nitrogens with one attached hydrogen (secondary N) is 1. The van der Waals surface area contributed by atoms with Gasteiger partial charge < -0.3 is 20.3 Å². The highest BCUT2D eigenvalue weighted by atomic mass is 16.5. The number of aliphatic hydroxyl groups excluding tert-OH is 1. The monoisotopic (exact) mass is 442 g/mol. The number of hydrogen-bond acceptors (Lipinski definition) is 7. The molecule has 9 nitrogen and oxygen atoms in total. The van der Waals surface area contributed by atoms with Crippen LogP contribution in [0.4, 0.5) is 5.95 Å². The van der Waals surface area contributed by atoms with Crippen LogP contribution in [0.5, 0.6) is 0 Å². The summed E-state index contributed by atoms with van der Waals surface area (Å²) in [5.74, 6) is 0.879. The van der Waals surface area contributed by atoms with Gasteiger partial charge in [0, 0.05) is 42.1 Å². The van der Waals surface area contributed by atoms with E-state index < -0.39 is 5.60 Å². The molecule has 0 aromatic carbocycles. The fourth-order valence-corrected chi connectivity index (χ4v) is 4.47. The minimum atomic E-state index is -0.844. The van der Waals surface area contributed by atoms with Crippen LogP contribution in [0, 0.1) is 0 Å². The van der Waals surface area contributed by atoms with Crippen LogP contribution in [-0.2, 0) is 11.3 Å². The zero-order valence-electron chi connectivity index (χ0n) is 19.3. The van der Waals surface area contributed by atoms with E-state index in [0.29, 0.717) is 25.0 Å². The molecule has 3 aromatic heterocycles. The fourth-order valence-electron chi connectivity index (χ4n) is 4.47. The summed E-state index contributed by atoms with van der Waals surface area (Å²) in [5, 5.41) is 32.7. The van der Waals surface area contributed by atoms with Gasteiger partial charge in [-0.3, -0.25) is 4.68 Å². The second kappa shape index (κ2) is 9.17. The molecule has 32 heavy (non-hydrogen) atoms. The van der Waals surface area contributed by atoms with E-state index in [1.165, 1.54) is 0 Å². The molecule has 0 saturated heterocycles. The van der Waals surface area contributed by atoms with Gasteiger partial charge in [-0.15, -0.1) is 5.10 Å². The predicted molar refractivity (Wildman–Crippen MR) is 123 cm³/mol. The highest BCUT2D eigenvalue weighted by Gasteiger charge is 2.26. The number of ether oxygens (including phenoxy) is 1. The van der Waals surface area contributed by atoms with Crippen LogP contribution in [0.1, 0.15) is 58.1 Å². The Balaban J connectivity index is 1.73. The van der Waals surface area contributed by atoms with Crippen molar-refractivity contribution in [1.82, 2.24) is 24.4 Å². The van der Waals surface area contributed by atoms with Crippen molar-refractivity contribution in [2.24, 2.45) is 0 Å². The molecule has 1 fully saturated rings. The first-order valence-electron chi connectivity index (χ1n) is 11.3. The smallest absolute Gasteiger partial charge is 0.241 e. The molecule has 9 heteroatoms. The average molecular weight is 443 g/mol. The summed E-state index contributed by atoms with van der Waals surface area (Å²) in [5.41, 5.74) is 3.18. The number of methoxy groups -OCH3 is 1. The highest BCUT2D eigenvalue weighted by Crippen LogP contribution is 2.37. The Labute approximate surface area is 188 Å². The van der Waals surface area contributed by atoms with Crippen molar-refractivity contribution in [3.05, 3.63) is 30.4 Å². The molecule has 4 rings (SSSR count). The predicted octanol–water partition coefficient (Wildman–Crippen LogP) is 2.83. The zero-order chi connectivity index (χ0) is 22.9. The number of aliphatic hydroxyl groups is 2. The van der Waals surface area contributed by atoms with Crippen molar-refractivity contribution in [2.45, 2.75) is 76.7 Å². The summed E-state index contributed by atoms with van der Waals surface area (Å²) in [4.78, 5) is 4.55. The zero-order valence-corrected chi connectivity index (χ0v) is 19.3. The van der Waals surface area contributed by atoms with Crippen LogP contribution >= 0.6 is 0 Å². The maximum atomic E-state index is 10.1. The Kier molecular flexibility index (Phi) is 6.50. The summed E-state index contributed by atoms with van der Waals surface area (Å²) in [6, 6.07) is 2.26. The van der Waals surface area contributed by atoms with Crippen molar-refractivity contribution in [1.29, 1.82) is 0 Å². The third-order valence-electron chi connectivity index (χ3n) is 5.95. The standard InChI is InChI=1S/C23H34N6O3/c1-15(13-32-4)26-22-24-11-21-19(17-10-25-28(12-17)14-23(2,3)31)9-20(29(21)27-22)16-5-7-18(30)8-6-16/h9-12,15-16,18,30-31H,5-8,13-14H2,1-4H3,(H,26,27)/t15-,16?,18?/m0/s1. The van der Waals surface area contributed by atoms with Gasteiger partial charge in [-0.05, 0) is 52.5 Å². The summed E-state index contributed by atoms with van der Waals surface area (Å²) >= 11 is 0. The fraction of sp³-hybridized carbons (Fsp3) is 0.609. The Hall–Kier alpha value is -2.49. The second-order valence-electron chi connectivity index (χ2n) is 9.61. The van der Waals surface area contributed by atoms with E-state index in [4.69, 9.17) is 9.84 Å². The molecule has 3 heterocycles. The number of aromatic nitrogens is 5. The molecule has 174 valence electrons. The van der Waals surface area contributed by atoms with E-state index in [2.05, 4.69) is 21.5 Å². The topological polar surface area (TPSA) is 110 Å². The Morgan fingerprint density at radius 1 is 1.25 bits per heavy atom. The van der Waals surface area contributed by atoms with Crippen LogP contribution < -0.4 is 5.32 Å². The number of hydrogen-bond donors (Lipinski definition) is 3. The van der Waals surface area contributed by atoms with Crippen LogP contribution in [0.2, 0.25) is 0 Å². The molecule has 1 saturated carbocycles. The highest BCUT2D eigenvalue weighted by molar-refractivity contribution is 5.81. The van der Waals surface area contributed by atoms with E-state index in [-0.39, 0.29) is 12.1 Å². The number of nitrogens with zero attached hydrogens (tertiary/aromatic N) is 5. The minimum absolute atomic E-state index is 0.0841. The molecule has 0 amide bonds. The largest absolute Gasteiger partial charge is 0.393 e. The van der Waals surface area contributed by atoms with Crippen LogP contribution in [0.15, 0.2) is 24.7 Å². The van der Waals surface area contributed by atoms with Gasteiger partial charge in [0.1, 0.15) is 0 Å². The molecule has 1 aliphatic rings. The van der Waals surface area contributed by atoms with Crippen molar-refractivity contribution < 1.29 is 14.9 Å². The van der Waals surface area contributed by atoms with Crippen molar-refractivity contribution in [3.8, 4) is 11.1 Å². The molecule has 3 aromatic rings. The van der Waals surface area contributed by atoms with E-state index in [9.17, 15) is 10.2 Å². The number of rotatable bonds is 8. The molecule has 1 aliphatic carbocycles. The van der Waals surface area contributed by atoms with E-state index >= 15 is 0 Å². The van der Waals surface area contributed by atoms with E-state index in [1.54, 1.807) is 25.6 Å². The Morgan fingerprint density at radius 2 is 2.00 bits per heavy atom. The number of anilines is 1. The molecule has 0 radical (unpaired) electrons. The summed E-state index contributed by atoms with van der Waals surface area (Å²) < 4.78 is 8.96. The lowest BCUT2D eigenvalue weighted by molar-refractivity contribution is 0.0577. The van der Waals surface area contributed by atoms with Gasteiger partial charge in [0.15, 0.2) is 0 Å². The van der Waals surface area contributed by atoms with Crippen molar-refractivity contribution in [2.75, 3.05) is 19.0 Å². The molecule has 1 atom stereocenters. The molecule has 0 unspecified atom stereocenters. The quantitative estimate of drug-likeness (QED) is 0.492. The maximum Gasteiger partial charge on any atom is 0.241 e. The lowest BCUT2D eigenvalue weighted by Gasteiger charge is -2.25. The van der Waals surface area contributed by atoms with Crippen molar-refractivity contribution >= 4 is 11.5 Å². The summed E-state index contributed by atoms with van der Waals surface area (Å²) in [7, 11) is 1.67. The van der Waals surface area contributed by atoms with Crippen LogP contribution in [0.3, 0.4) is 0 Å². The molecule has 0 bridgehead atoms. The first-order chi connectivity index (χ1) is 15.2. The Morgan fingerprint density at radius 3 is 2.69 bits per heavy atom. The van der Waals surface area contributed by atoms with E-state index in [0.717, 1.165) is 48.0 Å². The molecule has 3 N–H and O–H groups in total. The van der Waals surface area contributed by atoms with Gasteiger partial charge in [-0.1, -0.05) is 0 Å². The lowest BCUT2D eigenvalue weighted by atomic mass is 9.85. The number of fused-ring (bicyclic) bond motifs is 1.